The van der Waals surface area contributed by atoms with Gasteiger partial charge in [-0.25, -0.2) is 0 Å². The molecule has 104 valence electrons. The highest BCUT2D eigenvalue weighted by Crippen LogP contribution is 2.31. The first-order valence-corrected chi connectivity index (χ1v) is 7.24. The van der Waals surface area contributed by atoms with Gasteiger partial charge in [0.2, 0.25) is 0 Å². The summed E-state index contributed by atoms with van der Waals surface area (Å²) in [4.78, 5) is 2.75. The van der Waals surface area contributed by atoms with Crippen molar-refractivity contribution in [1.29, 1.82) is 0 Å². The minimum Gasteiger partial charge on any atom is -0.389 e. The van der Waals surface area contributed by atoms with Crippen molar-refractivity contribution >= 4 is 23.0 Å². The Morgan fingerprint density at radius 3 is 2.63 bits per heavy atom. The molecule has 1 aliphatic heterocycles. The van der Waals surface area contributed by atoms with Crippen LogP contribution in [0.2, 0.25) is 0 Å². The summed E-state index contributed by atoms with van der Waals surface area (Å²) in [5.74, 6) is 1.46. The zero-order chi connectivity index (χ0) is 14.2. The molecule has 0 aromatic carbocycles. The third-order valence-electron chi connectivity index (χ3n) is 4.02. The third-order valence-corrected chi connectivity index (χ3v) is 4.23. The predicted octanol–water partition coefficient (Wildman–Crippen LogP) is 2.35. The Morgan fingerprint density at radius 2 is 2.05 bits per heavy atom. The average Bonchev–Trinajstić information content (AvgIpc) is 2.80. The van der Waals surface area contributed by atoms with E-state index in [1.165, 1.54) is 12.8 Å². The molecule has 1 fully saturated rings. The van der Waals surface area contributed by atoms with Crippen LogP contribution in [0.25, 0.3) is 0 Å². The van der Waals surface area contributed by atoms with E-state index >= 15 is 0 Å². The first-order chi connectivity index (χ1) is 8.93. The van der Waals surface area contributed by atoms with E-state index in [0.717, 1.165) is 29.2 Å². The van der Waals surface area contributed by atoms with Gasteiger partial charge in [0.1, 0.15) is 4.99 Å². The number of rotatable bonds is 3. The van der Waals surface area contributed by atoms with Crippen molar-refractivity contribution in [1.82, 2.24) is 10.2 Å². The first-order valence-electron chi connectivity index (χ1n) is 6.83. The van der Waals surface area contributed by atoms with Crippen LogP contribution in [0.3, 0.4) is 0 Å². The highest BCUT2D eigenvalue weighted by Gasteiger charge is 2.31. The molecule has 0 amide bonds. The molecule has 4 nitrogen and oxygen atoms in total. The van der Waals surface area contributed by atoms with Crippen molar-refractivity contribution in [2.45, 2.75) is 46.6 Å². The summed E-state index contributed by atoms with van der Waals surface area (Å²) in [7, 11) is 0. The highest BCUT2D eigenvalue weighted by molar-refractivity contribution is 7.80. The summed E-state index contributed by atoms with van der Waals surface area (Å²) >= 11 is 5.22. The van der Waals surface area contributed by atoms with Gasteiger partial charge < -0.3 is 10.6 Å². The van der Waals surface area contributed by atoms with Gasteiger partial charge in [-0.2, -0.15) is 5.10 Å². The van der Waals surface area contributed by atoms with Crippen LogP contribution in [0.1, 0.15) is 43.5 Å². The maximum atomic E-state index is 5.91. The quantitative estimate of drug-likeness (QED) is 0.860. The third kappa shape index (κ3) is 2.56. The number of nitrogens with zero attached hydrogens (tertiary/aromatic N) is 3. The molecule has 2 heterocycles. The van der Waals surface area contributed by atoms with Gasteiger partial charge >= 0.3 is 0 Å². The minimum absolute atomic E-state index is 0.417. The molecule has 1 unspecified atom stereocenters. The lowest BCUT2D eigenvalue weighted by Gasteiger charge is -2.30. The fourth-order valence-electron chi connectivity index (χ4n) is 2.84. The fourth-order valence-corrected chi connectivity index (χ4v) is 3.09. The summed E-state index contributed by atoms with van der Waals surface area (Å²) in [6.45, 7) is 9.46. The molecule has 1 atom stereocenters. The smallest absolute Gasteiger partial charge is 0.162 e. The summed E-state index contributed by atoms with van der Waals surface area (Å²) in [5, 5.41) is 8.64. The predicted molar refractivity (Wildman–Crippen MR) is 82.6 cm³/mol. The molecule has 1 aromatic heterocycles. The number of hydrogen-bond acceptors (Lipinski definition) is 4. The molecule has 19 heavy (non-hydrogen) atoms. The largest absolute Gasteiger partial charge is 0.389 e. The molecule has 0 bridgehead atoms. The van der Waals surface area contributed by atoms with Crippen molar-refractivity contribution in [3.63, 3.8) is 0 Å². The second kappa shape index (κ2) is 5.41. The Morgan fingerprint density at radius 1 is 1.37 bits per heavy atom. The van der Waals surface area contributed by atoms with Crippen LogP contribution < -0.4 is 10.6 Å². The van der Waals surface area contributed by atoms with Gasteiger partial charge in [-0.1, -0.05) is 26.1 Å². The molecule has 1 aromatic rings. The molecule has 2 N–H and O–H groups in total. The topological polar surface area (TPSA) is 55.0 Å². The average molecular weight is 278 g/mol. The lowest BCUT2D eigenvalue weighted by atomic mass is 10.0. The summed E-state index contributed by atoms with van der Waals surface area (Å²) < 4.78 is 0. The van der Waals surface area contributed by atoms with Crippen LogP contribution in [0.4, 0.5) is 5.82 Å². The van der Waals surface area contributed by atoms with E-state index in [2.05, 4.69) is 28.9 Å². The molecule has 0 spiro atoms. The van der Waals surface area contributed by atoms with Crippen LogP contribution in [0.15, 0.2) is 0 Å². The van der Waals surface area contributed by atoms with E-state index in [1.54, 1.807) is 0 Å². The lowest BCUT2D eigenvalue weighted by molar-refractivity contribution is 0.488. The number of thiocarbonyl (C=S) groups is 1. The second-order valence-corrected chi connectivity index (χ2v) is 6.06. The zero-order valence-corrected chi connectivity index (χ0v) is 12.9. The van der Waals surface area contributed by atoms with Crippen LogP contribution in [0, 0.1) is 19.8 Å². The SMILES string of the molecule is Cc1nnc(N2CCCC2C(C)C)c(C(N)=S)c1C. The van der Waals surface area contributed by atoms with Gasteiger partial charge in [0.25, 0.3) is 0 Å². The maximum absolute atomic E-state index is 5.91. The molecule has 0 radical (unpaired) electrons. The Hall–Kier alpha value is -1.23. The molecule has 0 aliphatic carbocycles. The van der Waals surface area contributed by atoms with E-state index in [9.17, 15) is 0 Å². The molecular weight excluding hydrogens is 256 g/mol. The van der Waals surface area contributed by atoms with Gasteiger partial charge in [0, 0.05) is 12.6 Å². The second-order valence-electron chi connectivity index (χ2n) is 5.62. The fraction of sp³-hybridized carbons (Fsp3) is 0.643. The van der Waals surface area contributed by atoms with Crippen LogP contribution >= 0.6 is 12.2 Å². The Balaban J connectivity index is 2.50. The van der Waals surface area contributed by atoms with Gasteiger partial charge in [0.15, 0.2) is 5.82 Å². The lowest BCUT2D eigenvalue weighted by Crippen LogP contribution is -2.36. The van der Waals surface area contributed by atoms with Gasteiger partial charge in [-0.15, -0.1) is 5.10 Å². The molecule has 5 heteroatoms. The van der Waals surface area contributed by atoms with Crippen LogP contribution in [-0.2, 0) is 0 Å². The highest BCUT2D eigenvalue weighted by atomic mass is 32.1. The van der Waals surface area contributed by atoms with Gasteiger partial charge in [0.05, 0.1) is 11.3 Å². The van der Waals surface area contributed by atoms with Gasteiger partial charge in [-0.3, -0.25) is 0 Å². The molecule has 1 saturated heterocycles. The van der Waals surface area contributed by atoms with E-state index in [1.807, 2.05) is 13.8 Å². The Labute approximate surface area is 120 Å². The minimum atomic E-state index is 0.417. The monoisotopic (exact) mass is 278 g/mol. The summed E-state index contributed by atoms with van der Waals surface area (Å²) in [5.41, 5.74) is 8.75. The normalized spacial score (nSPS) is 19.2. The standard InChI is InChI=1S/C14H22N4S/c1-8(2)11-6-5-7-18(11)14-12(13(15)19)9(3)10(4)16-17-14/h8,11H,5-7H2,1-4H3,(H2,15,19). The zero-order valence-electron chi connectivity index (χ0n) is 12.1. The first kappa shape index (κ1) is 14.2. The van der Waals surface area contributed by atoms with Crippen LogP contribution in [-0.4, -0.2) is 27.8 Å². The van der Waals surface area contributed by atoms with E-state index in [4.69, 9.17) is 18.0 Å². The van der Waals surface area contributed by atoms with Crippen molar-refractivity contribution in [2.75, 3.05) is 11.4 Å². The number of anilines is 1. The number of aryl methyl sites for hydroxylation is 1. The van der Waals surface area contributed by atoms with Crippen LogP contribution in [0.5, 0.6) is 0 Å². The van der Waals surface area contributed by atoms with E-state index in [0.29, 0.717) is 16.9 Å². The van der Waals surface area contributed by atoms with Crippen molar-refractivity contribution in [2.24, 2.45) is 11.7 Å². The van der Waals surface area contributed by atoms with Crippen molar-refractivity contribution in [3.8, 4) is 0 Å². The van der Waals surface area contributed by atoms with Crippen molar-refractivity contribution in [3.05, 3.63) is 16.8 Å². The van der Waals surface area contributed by atoms with Crippen molar-refractivity contribution < 1.29 is 0 Å². The van der Waals surface area contributed by atoms with E-state index in [-0.39, 0.29) is 0 Å². The molecule has 0 saturated carbocycles. The Kier molecular flexibility index (Phi) is 4.04. The van der Waals surface area contributed by atoms with E-state index < -0.39 is 0 Å². The molecule has 2 rings (SSSR count). The number of aromatic nitrogens is 2. The summed E-state index contributed by atoms with van der Waals surface area (Å²) in [6, 6.07) is 0.504. The Bertz CT molecular complexity index is 498. The maximum Gasteiger partial charge on any atom is 0.162 e. The van der Waals surface area contributed by atoms with Gasteiger partial charge in [-0.05, 0) is 38.2 Å². The number of hydrogen-bond donors (Lipinski definition) is 1. The number of nitrogens with two attached hydrogens (primary N) is 1. The molecular formula is C14H22N4S. The molecule has 1 aliphatic rings. The summed E-state index contributed by atoms with van der Waals surface area (Å²) in [6.07, 6.45) is 2.39.